The van der Waals surface area contributed by atoms with Crippen LogP contribution in [0.1, 0.15) is 10.4 Å². The van der Waals surface area contributed by atoms with E-state index < -0.39 is 14.1 Å². The topological polar surface area (TPSA) is 26.3 Å². The van der Waals surface area contributed by atoms with Gasteiger partial charge in [-0.3, -0.25) is 4.79 Å². The number of hydrogen-bond donors (Lipinski definition) is 0. The minimum Gasteiger partial charge on any atom is -0.542 e. The SMILES string of the molecule is C[Si](C)(C)Oc1cccc(C=O)c1F. The molecule has 2 nitrogen and oxygen atoms in total. The van der Waals surface area contributed by atoms with E-state index in [-0.39, 0.29) is 11.3 Å². The minimum atomic E-state index is -1.82. The van der Waals surface area contributed by atoms with Crippen molar-refractivity contribution in [3.8, 4) is 5.75 Å². The molecular weight excluding hydrogens is 199 g/mol. The third-order valence-electron chi connectivity index (χ3n) is 1.54. The Morgan fingerprint density at radius 2 is 2.00 bits per heavy atom. The van der Waals surface area contributed by atoms with Crippen LogP contribution in [0.5, 0.6) is 5.75 Å². The number of carbonyl (C=O) groups excluding carboxylic acids is 1. The van der Waals surface area contributed by atoms with Gasteiger partial charge < -0.3 is 4.43 Å². The van der Waals surface area contributed by atoms with Crippen molar-refractivity contribution in [2.45, 2.75) is 19.6 Å². The van der Waals surface area contributed by atoms with Crippen molar-refractivity contribution in [1.29, 1.82) is 0 Å². The van der Waals surface area contributed by atoms with Gasteiger partial charge >= 0.3 is 0 Å². The lowest BCUT2D eigenvalue weighted by atomic mass is 10.2. The van der Waals surface area contributed by atoms with Gasteiger partial charge in [0.1, 0.15) is 5.75 Å². The lowest BCUT2D eigenvalue weighted by Gasteiger charge is -2.19. The smallest absolute Gasteiger partial charge is 0.242 e. The predicted molar refractivity (Wildman–Crippen MR) is 55.8 cm³/mol. The Morgan fingerprint density at radius 1 is 1.36 bits per heavy atom. The molecule has 0 atom stereocenters. The molecule has 0 saturated heterocycles. The highest BCUT2D eigenvalue weighted by Gasteiger charge is 2.19. The van der Waals surface area contributed by atoms with Crippen molar-refractivity contribution in [2.24, 2.45) is 0 Å². The molecule has 0 N–H and O–H groups in total. The molecule has 0 heterocycles. The van der Waals surface area contributed by atoms with Crippen LogP contribution in [0, 0.1) is 5.82 Å². The highest BCUT2D eigenvalue weighted by molar-refractivity contribution is 6.70. The Labute approximate surface area is 83.8 Å². The maximum Gasteiger partial charge on any atom is 0.242 e. The molecule has 0 aliphatic rings. The van der Waals surface area contributed by atoms with Crippen LogP contribution in [0.4, 0.5) is 4.39 Å². The summed E-state index contributed by atoms with van der Waals surface area (Å²) in [5.41, 5.74) is 0.0424. The normalized spacial score (nSPS) is 11.1. The molecule has 0 spiro atoms. The first-order chi connectivity index (χ1) is 6.44. The van der Waals surface area contributed by atoms with Crippen LogP contribution in [-0.2, 0) is 0 Å². The van der Waals surface area contributed by atoms with Crippen LogP contribution < -0.4 is 4.43 Å². The predicted octanol–water partition coefficient (Wildman–Crippen LogP) is 2.85. The van der Waals surface area contributed by atoms with E-state index in [0.29, 0.717) is 6.29 Å². The summed E-state index contributed by atoms with van der Waals surface area (Å²) in [5.74, 6) is -0.390. The van der Waals surface area contributed by atoms with E-state index in [1.807, 2.05) is 19.6 Å². The monoisotopic (exact) mass is 212 g/mol. The lowest BCUT2D eigenvalue weighted by Crippen LogP contribution is -2.29. The van der Waals surface area contributed by atoms with Gasteiger partial charge in [-0.25, -0.2) is 4.39 Å². The van der Waals surface area contributed by atoms with Gasteiger partial charge in [-0.15, -0.1) is 0 Å². The summed E-state index contributed by atoms with van der Waals surface area (Å²) < 4.78 is 18.9. The zero-order valence-electron chi connectivity index (χ0n) is 8.50. The second-order valence-corrected chi connectivity index (χ2v) is 8.42. The summed E-state index contributed by atoms with van der Waals surface area (Å²) in [4.78, 5) is 10.5. The quantitative estimate of drug-likeness (QED) is 0.569. The molecule has 1 rings (SSSR count). The minimum absolute atomic E-state index is 0.0424. The average Bonchev–Trinajstić information content (AvgIpc) is 2.06. The summed E-state index contributed by atoms with van der Waals surface area (Å²) in [6, 6.07) is 4.59. The van der Waals surface area contributed by atoms with Crippen molar-refractivity contribution in [2.75, 3.05) is 0 Å². The summed E-state index contributed by atoms with van der Waals surface area (Å²) in [5, 5.41) is 0. The van der Waals surface area contributed by atoms with Crippen molar-refractivity contribution in [3.63, 3.8) is 0 Å². The molecule has 76 valence electrons. The van der Waals surface area contributed by atoms with E-state index in [1.54, 1.807) is 12.1 Å². The molecule has 0 bridgehead atoms. The number of rotatable bonds is 3. The molecule has 14 heavy (non-hydrogen) atoms. The van der Waals surface area contributed by atoms with Crippen molar-refractivity contribution in [3.05, 3.63) is 29.6 Å². The summed E-state index contributed by atoms with van der Waals surface area (Å²) in [7, 11) is -1.82. The van der Waals surface area contributed by atoms with Crippen molar-refractivity contribution < 1.29 is 13.6 Å². The molecule has 0 aliphatic heterocycles. The zero-order chi connectivity index (χ0) is 10.8. The Bertz CT molecular complexity index is 344. The number of benzene rings is 1. The number of hydrogen-bond acceptors (Lipinski definition) is 2. The highest BCUT2D eigenvalue weighted by Crippen LogP contribution is 2.22. The first-order valence-corrected chi connectivity index (χ1v) is 7.77. The molecular formula is C10H13FO2Si. The Hall–Kier alpha value is -1.16. The summed E-state index contributed by atoms with van der Waals surface area (Å²) in [6.45, 7) is 5.88. The van der Waals surface area contributed by atoms with E-state index >= 15 is 0 Å². The van der Waals surface area contributed by atoms with Crippen molar-refractivity contribution in [1.82, 2.24) is 0 Å². The van der Waals surface area contributed by atoms with Crippen LogP contribution in [-0.4, -0.2) is 14.6 Å². The third kappa shape index (κ3) is 2.66. The van der Waals surface area contributed by atoms with Crippen LogP contribution in [0.2, 0.25) is 19.6 Å². The second kappa shape index (κ2) is 3.92. The largest absolute Gasteiger partial charge is 0.542 e. The molecule has 0 unspecified atom stereocenters. The lowest BCUT2D eigenvalue weighted by molar-refractivity contribution is 0.111. The van der Waals surface area contributed by atoms with Gasteiger partial charge in [-0.1, -0.05) is 6.07 Å². The Balaban J connectivity index is 3.04. The van der Waals surface area contributed by atoms with Crippen molar-refractivity contribution >= 4 is 14.6 Å². The van der Waals surface area contributed by atoms with E-state index in [2.05, 4.69) is 0 Å². The van der Waals surface area contributed by atoms with Crippen LogP contribution in [0.25, 0.3) is 0 Å². The average molecular weight is 212 g/mol. The maximum absolute atomic E-state index is 13.5. The summed E-state index contributed by atoms with van der Waals surface area (Å²) >= 11 is 0. The standard InChI is InChI=1S/C10H13FO2Si/c1-14(2,3)13-9-6-4-5-8(7-12)10(9)11/h4-7H,1-3H3. The fourth-order valence-corrected chi connectivity index (χ4v) is 1.84. The van der Waals surface area contributed by atoms with Gasteiger partial charge in [0.2, 0.25) is 8.32 Å². The highest BCUT2D eigenvalue weighted by atomic mass is 28.4. The third-order valence-corrected chi connectivity index (χ3v) is 2.37. The van der Waals surface area contributed by atoms with Gasteiger partial charge in [0.15, 0.2) is 12.1 Å². The summed E-state index contributed by atoms with van der Waals surface area (Å²) in [6.07, 6.45) is 0.492. The molecule has 1 aromatic rings. The number of carbonyl (C=O) groups is 1. The molecule has 0 saturated carbocycles. The first-order valence-electron chi connectivity index (χ1n) is 4.37. The molecule has 0 aliphatic carbocycles. The van der Waals surface area contributed by atoms with Gasteiger partial charge in [0, 0.05) is 0 Å². The van der Waals surface area contributed by atoms with Gasteiger partial charge in [0.05, 0.1) is 5.56 Å². The second-order valence-electron chi connectivity index (χ2n) is 3.99. The molecule has 0 fully saturated rings. The van der Waals surface area contributed by atoms with E-state index in [0.717, 1.165) is 0 Å². The van der Waals surface area contributed by atoms with E-state index in [4.69, 9.17) is 4.43 Å². The maximum atomic E-state index is 13.5. The fourth-order valence-electron chi connectivity index (χ4n) is 1.03. The van der Waals surface area contributed by atoms with E-state index in [9.17, 15) is 9.18 Å². The molecule has 4 heteroatoms. The van der Waals surface area contributed by atoms with Crippen LogP contribution in [0.15, 0.2) is 18.2 Å². The zero-order valence-corrected chi connectivity index (χ0v) is 9.50. The van der Waals surface area contributed by atoms with E-state index in [1.165, 1.54) is 6.07 Å². The Kier molecular flexibility index (Phi) is 3.05. The number of aldehydes is 1. The van der Waals surface area contributed by atoms with Gasteiger partial charge in [0.25, 0.3) is 0 Å². The molecule has 0 radical (unpaired) electrons. The Morgan fingerprint density at radius 3 is 2.50 bits per heavy atom. The van der Waals surface area contributed by atoms with Crippen LogP contribution in [0.3, 0.4) is 0 Å². The molecule has 0 aromatic heterocycles. The first kappa shape index (κ1) is 10.9. The van der Waals surface area contributed by atoms with Gasteiger partial charge in [-0.2, -0.15) is 0 Å². The fraction of sp³-hybridized carbons (Fsp3) is 0.300. The van der Waals surface area contributed by atoms with Gasteiger partial charge in [-0.05, 0) is 31.8 Å². The van der Waals surface area contributed by atoms with Crippen LogP contribution >= 0.6 is 0 Å². The molecule has 0 amide bonds. The number of halogens is 1. The molecule has 1 aromatic carbocycles.